The normalized spacial score (nSPS) is 14.7. The Kier molecular flexibility index (Phi) is 2.95. The lowest BCUT2D eigenvalue weighted by Gasteiger charge is -2.04. The summed E-state index contributed by atoms with van der Waals surface area (Å²) < 4.78 is 28.6. The molecule has 0 radical (unpaired) electrons. The molecule has 0 aliphatic carbocycles. The Bertz CT molecular complexity index is 216. The van der Waals surface area contributed by atoms with Crippen LogP contribution in [0.2, 0.25) is 0 Å². The van der Waals surface area contributed by atoms with Crippen molar-refractivity contribution >= 4 is 15.9 Å². The van der Waals surface area contributed by atoms with Gasteiger partial charge in [-0.25, -0.2) is 0 Å². The minimum absolute atomic E-state index is 0.773. The molecule has 60 valence electrons. The standard InChI is InChI=1S/C4H8O5S/c1-3(6)4(2-5)10(7,8)9/h4-5H,2H2,1H3,(H,7,8,9). The number of carbonyl (C=O) groups excluding carboxylic acids is 1. The first kappa shape index (κ1) is 9.54. The van der Waals surface area contributed by atoms with E-state index in [9.17, 15) is 13.2 Å². The summed E-state index contributed by atoms with van der Waals surface area (Å²) in [5.41, 5.74) is 0. The number of hydrogen-bond acceptors (Lipinski definition) is 4. The summed E-state index contributed by atoms with van der Waals surface area (Å²) in [4.78, 5) is 10.3. The van der Waals surface area contributed by atoms with E-state index in [2.05, 4.69) is 0 Å². The molecule has 0 spiro atoms. The maximum absolute atomic E-state index is 10.3. The minimum atomic E-state index is -4.41. The van der Waals surface area contributed by atoms with Crippen LogP contribution in [0, 0.1) is 0 Å². The molecule has 5 nitrogen and oxygen atoms in total. The molecule has 1 unspecified atom stereocenters. The molecule has 0 saturated carbocycles. The van der Waals surface area contributed by atoms with E-state index >= 15 is 0 Å². The summed E-state index contributed by atoms with van der Waals surface area (Å²) in [5, 5.41) is 6.58. The van der Waals surface area contributed by atoms with Crippen LogP contribution >= 0.6 is 0 Å². The Morgan fingerprint density at radius 1 is 1.60 bits per heavy atom. The molecule has 0 saturated heterocycles. The molecule has 2 N–H and O–H groups in total. The zero-order chi connectivity index (χ0) is 8.36. The number of hydrogen-bond donors (Lipinski definition) is 2. The van der Waals surface area contributed by atoms with Crippen LogP contribution in [0.5, 0.6) is 0 Å². The zero-order valence-corrected chi connectivity index (χ0v) is 6.13. The second-order valence-corrected chi connectivity index (χ2v) is 3.40. The van der Waals surface area contributed by atoms with Gasteiger partial charge in [0.05, 0.1) is 6.61 Å². The average Bonchev–Trinajstić information content (AvgIpc) is 1.60. The first-order valence-corrected chi connectivity index (χ1v) is 3.97. The van der Waals surface area contributed by atoms with Crippen molar-refractivity contribution in [3.8, 4) is 0 Å². The number of rotatable bonds is 3. The zero-order valence-electron chi connectivity index (χ0n) is 5.31. The molecule has 0 aliphatic heterocycles. The van der Waals surface area contributed by atoms with Gasteiger partial charge in [0.2, 0.25) is 0 Å². The van der Waals surface area contributed by atoms with Gasteiger partial charge in [-0.05, 0) is 6.92 Å². The third-order valence-corrected chi connectivity index (χ3v) is 2.18. The SMILES string of the molecule is CC(=O)C(CO)S(=O)(=O)O. The number of ketones is 1. The van der Waals surface area contributed by atoms with Gasteiger partial charge in [-0.15, -0.1) is 0 Å². The lowest BCUT2D eigenvalue weighted by atomic mass is 10.3. The summed E-state index contributed by atoms with van der Waals surface area (Å²) in [7, 11) is -4.41. The van der Waals surface area contributed by atoms with Crippen molar-refractivity contribution < 1.29 is 22.9 Å². The van der Waals surface area contributed by atoms with Gasteiger partial charge in [0.25, 0.3) is 10.1 Å². The fourth-order valence-electron chi connectivity index (χ4n) is 0.432. The number of aliphatic hydroxyl groups is 1. The largest absolute Gasteiger partial charge is 0.394 e. The van der Waals surface area contributed by atoms with E-state index in [1.54, 1.807) is 0 Å². The summed E-state index contributed by atoms with van der Waals surface area (Å²) in [6, 6.07) is 0. The minimum Gasteiger partial charge on any atom is -0.394 e. The molecule has 1 atom stereocenters. The van der Waals surface area contributed by atoms with Crippen LogP contribution in [-0.4, -0.2) is 35.7 Å². The van der Waals surface area contributed by atoms with E-state index in [0.717, 1.165) is 6.92 Å². The van der Waals surface area contributed by atoms with Crippen molar-refractivity contribution in [1.29, 1.82) is 0 Å². The maximum Gasteiger partial charge on any atom is 0.277 e. The van der Waals surface area contributed by atoms with Gasteiger partial charge < -0.3 is 5.11 Å². The number of Topliss-reactive ketones (excluding diaryl/α,β-unsaturated/α-hetero) is 1. The van der Waals surface area contributed by atoms with Crippen molar-refractivity contribution in [2.75, 3.05) is 6.61 Å². The van der Waals surface area contributed by atoms with Gasteiger partial charge in [0, 0.05) is 0 Å². The molecular weight excluding hydrogens is 160 g/mol. The van der Waals surface area contributed by atoms with Gasteiger partial charge in [-0.3, -0.25) is 9.35 Å². The van der Waals surface area contributed by atoms with Crippen LogP contribution in [0.15, 0.2) is 0 Å². The van der Waals surface area contributed by atoms with Crippen LogP contribution in [0.4, 0.5) is 0 Å². The van der Waals surface area contributed by atoms with Crippen LogP contribution in [0.3, 0.4) is 0 Å². The first-order chi connectivity index (χ1) is 4.39. The first-order valence-electron chi connectivity index (χ1n) is 2.47. The Morgan fingerprint density at radius 3 is 2.00 bits per heavy atom. The molecule has 0 amide bonds. The van der Waals surface area contributed by atoms with Gasteiger partial charge in [0.1, 0.15) is 0 Å². The highest BCUT2D eigenvalue weighted by atomic mass is 32.2. The number of carbonyl (C=O) groups is 1. The third-order valence-electron chi connectivity index (χ3n) is 0.979. The molecule has 0 rings (SSSR count). The summed E-state index contributed by atoms with van der Waals surface area (Å²) >= 11 is 0. The quantitative estimate of drug-likeness (QED) is 0.518. The van der Waals surface area contributed by atoms with Gasteiger partial charge >= 0.3 is 0 Å². The van der Waals surface area contributed by atoms with Crippen LogP contribution in [-0.2, 0) is 14.9 Å². The topological polar surface area (TPSA) is 91.7 Å². The predicted molar refractivity (Wildman–Crippen MR) is 33.1 cm³/mol. The highest BCUT2D eigenvalue weighted by molar-refractivity contribution is 7.87. The van der Waals surface area contributed by atoms with Crippen LogP contribution < -0.4 is 0 Å². The third kappa shape index (κ3) is 2.42. The molecule has 0 aromatic carbocycles. The van der Waals surface area contributed by atoms with Crippen LogP contribution in [0.1, 0.15) is 6.92 Å². The fourth-order valence-corrected chi connectivity index (χ4v) is 1.04. The molecule has 0 heterocycles. The predicted octanol–water partition coefficient (Wildman–Crippen LogP) is -1.18. The van der Waals surface area contributed by atoms with Crippen molar-refractivity contribution in [3.63, 3.8) is 0 Å². The van der Waals surface area contributed by atoms with E-state index in [1.807, 2.05) is 0 Å². The lowest BCUT2D eigenvalue weighted by molar-refractivity contribution is -0.117. The Balaban J connectivity index is 4.55. The number of aliphatic hydroxyl groups excluding tert-OH is 1. The molecule has 0 aliphatic rings. The Morgan fingerprint density at radius 2 is 2.00 bits per heavy atom. The molecular formula is C4H8O5S. The fraction of sp³-hybridized carbons (Fsp3) is 0.750. The van der Waals surface area contributed by atoms with E-state index in [1.165, 1.54) is 0 Å². The molecule has 0 aromatic rings. The van der Waals surface area contributed by atoms with E-state index in [4.69, 9.17) is 9.66 Å². The summed E-state index contributed by atoms with van der Waals surface area (Å²) in [5.74, 6) is -0.773. The molecule has 6 heteroatoms. The average molecular weight is 168 g/mol. The van der Waals surface area contributed by atoms with Gasteiger partial charge in [0.15, 0.2) is 11.0 Å². The van der Waals surface area contributed by atoms with Crippen molar-refractivity contribution in [2.45, 2.75) is 12.2 Å². The lowest BCUT2D eigenvalue weighted by Crippen LogP contribution is -2.31. The van der Waals surface area contributed by atoms with Gasteiger partial charge in [-0.1, -0.05) is 0 Å². The summed E-state index contributed by atoms with van der Waals surface area (Å²) in [6.45, 7) is 0.100. The molecule has 0 fully saturated rings. The Labute approximate surface area is 58.4 Å². The van der Waals surface area contributed by atoms with E-state index in [0.29, 0.717) is 0 Å². The smallest absolute Gasteiger partial charge is 0.277 e. The second kappa shape index (κ2) is 3.09. The van der Waals surface area contributed by atoms with Crippen molar-refractivity contribution in [3.05, 3.63) is 0 Å². The summed E-state index contributed by atoms with van der Waals surface area (Å²) in [6.07, 6.45) is 0. The Hall–Kier alpha value is -0.460. The van der Waals surface area contributed by atoms with Gasteiger partial charge in [-0.2, -0.15) is 8.42 Å². The molecule has 0 bridgehead atoms. The molecule has 10 heavy (non-hydrogen) atoms. The van der Waals surface area contributed by atoms with Crippen LogP contribution in [0.25, 0.3) is 0 Å². The molecule has 0 aromatic heterocycles. The van der Waals surface area contributed by atoms with Crippen molar-refractivity contribution in [2.24, 2.45) is 0 Å². The second-order valence-electron chi connectivity index (χ2n) is 1.80. The van der Waals surface area contributed by atoms with Crippen molar-refractivity contribution in [1.82, 2.24) is 0 Å². The maximum atomic E-state index is 10.3. The van der Waals surface area contributed by atoms with E-state index < -0.39 is 27.8 Å². The van der Waals surface area contributed by atoms with E-state index in [-0.39, 0.29) is 0 Å². The highest BCUT2D eigenvalue weighted by Gasteiger charge is 2.26. The monoisotopic (exact) mass is 168 g/mol. The highest BCUT2D eigenvalue weighted by Crippen LogP contribution is 1.97.